The van der Waals surface area contributed by atoms with E-state index in [1.807, 2.05) is 13.0 Å². The molecule has 0 bridgehead atoms. The smallest absolute Gasteiger partial charge is 0.374 e. The van der Waals surface area contributed by atoms with Crippen molar-refractivity contribution >= 4 is 21.9 Å². The van der Waals surface area contributed by atoms with E-state index in [1.54, 1.807) is 0 Å². The second kappa shape index (κ2) is 6.00. The lowest BCUT2D eigenvalue weighted by Gasteiger charge is -2.16. The second-order valence-electron chi connectivity index (χ2n) is 4.82. The number of nitrogens with zero attached hydrogens (tertiary/aromatic N) is 1. The number of ether oxygens (including phenoxy) is 2. The van der Waals surface area contributed by atoms with Gasteiger partial charge < -0.3 is 19.1 Å². The number of carboxylic acids is 1. The van der Waals surface area contributed by atoms with Crippen LogP contribution in [-0.2, 0) is 6.42 Å². The molecule has 1 aliphatic heterocycles. The first-order valence-electron chi connectivity index (χ1n) is 6.93. The van der Waals surface area contributed by atoms with Gasteiger partial charge in [0.15, 0.2) is 11.5 Å². The number of rotatable bonds is 3. The van der Waals surface area contributed by atoms with Crippen LogP contribution in [0.5, 0.6) is 11.5 Å². The number of benzene rings is 1. The molecule has 1 aromatic heterocycles. The van der Waals surface area contributed by atoms with Gasteiger partial charge in [0.1, 0.15) is 5.69 Å². The first-order valence-corrected chi connectivity index (χ1v) is 7.72. The first kappa shape index (κ1) is 14.9. The summed E-state index contributed by atoms with van der Waals surface area (Å²) in [6.07, 6.45) is 1.51. The number of carboxylic acid groups (broad SMARTS) is 1. The van der Waals surface area contributed by atoms with Gasteiger partial charge in [-0.05, 0) is 28.4 Å². The summed E-state index contributed by atoms with van der Waals surface area (Å²) in [5.74, 6) is 0.0309. The molecule has 0 atom stereocenters. The van der Waals surface area contributed by atoms with Gasteiger partial charge in [0, 0.05) is 28.1 Å². The molecule has 0 fully saturated rings. The minimum Gasteiger partial charge on any atom is -0.490 e. The highest BCUT2D eigenvalue weighted by atomic mass is 79.9. The Balaban J connectivity index is 2.17. The molecular weight excluding hydrogens is 354 g/mol. The number of aromatic carboxylic acids is 1. The normalized spacial score (nSPS) is 13.7. The molecule has 0 spiro atoms. The fourth-order valence-corrected chi connectivity index (χ4v) is 3.10. The van der Waals surface area contributed by atoms with Gasteiger partial charge in [-0.1, -0.05) is 12.1 Å². The van der Waals surface area contributed by atoms with Crippen LogP contribution in [0.1, 0.15) is 29.5 Å². The largest absolute Gasteiger partial charge is 0.490 e. The zero-order valence-electron chi connectivity index (χ0n) is 11.9. The molecule has 1 N–H and O–H groups in total. The Kier molecular flexibility index (Phi) is 4.06. The quantitative estimate of drug-likeness (QED) is 0.893. The molecule has 3 rings (SSSR count). The standard InChI is InChI=1S/C15H14BrNO5/c1-2-8-13(10-7-12(15(18)19)22-17-10)9(16)6-11-14(8)21-5-3-4-20-11/h6-7H,2-5H2,1H3,(H,18,19). The fraction of sp³-hybridized carbons (Fsp3) is 0.333. The Morgan fingerprint density at radius 2 is 2.14 bits per heavy atom. The Hall–Kier alpha value is -2.02. The number of hydrogen-bond donors (Lipinski definition) is 1. The van der Waals surface area contributed by atoms with Crippen molar-refractivity contribution in [2.75, 3.05) is 13.2 Å². The highest BCUT2D eigenvalue weighted by Crippen LogP contribution is 2.44. The van der Waals surface area contributed by atoms with Crippen molar-refractivity contribution in [3.63, 3.8) is 0 Å². The molecule has 0 saturated heterocycles. The van der Waals surface area contributed by atoms with Crippen molar-refractivity contribution in [1.82, 2.24) is 5.16 Å². The number of carbonyl (C=O) groups is 1. The molecule has 1 aliphatic rings. The van der Waals surface area contributed by atoms with Gasteiger partial charge in [-0.3, -0.25) is 0 Å². The summed E-state index contributed by atoms with van der Waals surface area (Å²) < 4.78 is 17.2. The lowest BCUT2D eigenvalue weighted by atomic mass is 10.0. The molecule has 2 aromatic rings. The lowest BCUT2D eigenvalue weighted by Crippen LogP contribution is -2.00. The van der Waals surface area contributed by atoms with Crippen molar-refractivity contribution in [3.8, 4) is 22.8 Å². The van der Waals surface area contributed by atoms with E-state index < -0.39 is 5.97 Å². The van der Waals surface area contributed by atoms with E-state index >= 15 is 0 Å². The molecule has 0 amide bonds. The highest BCUT2D eigenvalue weighted by Gasteiger charge is 2.24. The fourth-order valence-electron chi connectivity index (χ4n) is 2.45. The predicted octanol–water partition coefficient (Wildman–Crippen LogP) is 3.53. The van der Waals surface area contributed by atoms with Crippen molar-refractivity contribution in [3.05, 3.63) is 27.9 Å². The molecule has 6 nitrogen and oxygen atoms in total. The molecule has 7 heteroatoms. The van der Waals surface area contributed by atoms with Gasteiger partial charge >= 0.3 is 5.97 Å². The lowest BCUT2D eigenvalue weighted by molar-refractivity contribution is 0.0652. The average Bonchev–Trinajstić information content (AvgIpc) is 2.86. The molecular formula is C15H14BrNO5. The van der Waals surface area contributed by atoms with E-state index in [2.05, 4.69) is 21.1 Å². The Bertz CT molecular complexity index is 725. The van der Waals surface area contributed by atoms with Crippen molar-refractivity contribution in [2.45, 2.75) is 19.8 Å². The van der Waals surface area contributed by atoms with Crippen LogP contribution in [0.4, 0.5) is 0 Å². The predicted molar refractivity (Wildman–Crippen MR) is 81.6 cm³/mol. The molecule has 0 saturated carbocycles. The molecule has 116 valence electrons. The van der Waals surface area contributed by atoms with Crippen LogP contribution in [0.25, 0.3) is 11.3 Å². The Labute approximate surface area is 135 Å². The number of fused-ring (bicyclic) bond motifs is 1. The van der Waals surface area contributed by atoms with Crippen LogP contribution in [0.3, 0.4) is 0 Å². The van der Waals surface area contributed by atoms with Gasteiger partial charge in [0.2, 0.25) is 5.76 Å². The maximum atomic E-state index is 11.0. The summed E-state index contributed by atoms with van der Waals surface area (Å²) >= 11 is 3.51. The van der Waals surface area contributed by atoms with E-state index in [-0.39, 0.29) is 5.76 Å². The van der Waals surface area contributed by atoms with E-state index in [9.17, 15) is 4.79 Å². The number of halogens is 1. The number of hydrogen-bond acceptors (Lipinski definition) is 5. The summed E-state index contributed by atoms with van der Waals surface area (Å²) in [5, 5.41) is 12.8. The summed E-state index contributed by atoms with van der Waals surface area (Å²) in [7, 11) is 0. The van der Waals surface area contributed by atoms with Crippen LogP contribution in [0.2, 0.25) is 0 Å². The third-order valence-corrected chi connectivity index (χ3v) is 4.04. The summed E-state index contributed by atoms with van der Waals surface area (Å²) in [6, 6.07) is 3.23. The Morgan fingerprint density at radius 3 is 2.82 bits per heavy atom. The third kappa shape index (κ3) is 2.56. The molecule has 2 heterocycles. The van der Waals surface area contributed by atoms with Gasteiger partial charge in [-0.15, -0.1) is 0 Å². The van der Waals surface area contributed by atoms with Crippen molar-refractivity contribution in [1.29, 1.82) is 0 Å². The zero-order chi connectivity index (χ0) is 15.7. The second-order valence-corrected chi connectivity index (χ2v) is 5.68. The summed E-state index contributed by atoms with van der Waals surface area (Å²) in [6.45, 7) is 3.19. The monoisotopic (exact) mass is 367 g/mol. The average molecular weight is 368 g/mol. The van der Waals surface area contributed by atoms with E-state index in [0.29, 0.717) is 36.8 Å². The molecule has 22 heavy (non-hydrogen) atoms. The third-order valence-electron chi connectivity index (χ3n) is 3.42. The highest BCUT2D eigenvalue weighted by molar-refractivity contribution is 9.10. The van der Waals surface area contributed by atoms with Gasteiger partial charge in [-0.2, -0.15) is 0 Å². The summed E-state index contributed by atoms with van der Waals surface area (Å²) in [4.78, 5) is 11.0. The van der Waals surface area contributed by atoms with E-state index in [4.69, 9.17) is 19.1 Å². The van der Waals surface area contributed by atoms with E-state index in [0.717, 1.165) is 22.0 Å². The van der Waals surface area contributed by atoms with Crippen LogP contribution in [-0.4, -0.2) is 29.4 Å². The summed E-state index contributed by atoms with van der Waals surface area (Å²) in [5.41, 5.74) is 2.14. The maximum absolute atomic E-state index is 11.0. The minimum atomic E-state index is -1.15. The number of aromatic nitrogens is 1. The molecule has 1 aromatic carbocycles. The SMILES string of the molecule is CCc1c2c(cc(Br)c1-c1cc(C(=O)O)on1)OCCCO2. The first-order chi connectivity index (χ1) is 10.6. The maximum Gasteiger partial charge on any atom is 0.374 e. The van der Waals surface area contributed by atoms with Crippen molar-refractivity contribution in [2.24, 2.45) is 0 Å². The van der Waals surface area contributed by atoms with Gasteiger partial charge in [-0.25, -0.2) is 4.79 Å². The van der Waals surface area contributed by atoms with Crippen LogP contribution >= 0.6 is 15.9 Å². The zero-order valence-corrected chi connectivity index (χ0v) is 13.5. The van der Waals surface area contributed by atoms with Crippen LogP contribution in [0, 0.1) is 0 Å². The Morgan fingerprint density at radius 1 is 1.36 bits per heavy atom. The van der Waals surface area contributed by atoms with Crippen LogP contribution in [0.15, 0.2) is 21.1 Å². The molecule has 0 radical (unpaired) electrons. The van der Waals surface area contributed by atoms with Gasteiger partial charge in [0.05, 0.1) is 13.2 Å². The van der Waals surface area contributed by atoms with Crippen molar-refractivity contribution < 1.29 is 23.9 Å². The van der Waals surface area contributed by atoms with Crippen LogP contribution < -0.4 is 9.47 Å². The topological polar surface area (TPSA) is 81.8 Å². The minimum absolute atomic E-state index is 0.198. The molecule has 0 aliphatic carbocycles. The molecule has 0 unspecified atom stereocenters. The van der Waals surface area contributed by atoms with E-state index in [1.165, 1.54) is 6.07 Å². The van der Waals surface area contributed by atoms with Gasteiger partial charge in [0.25, 0.3) is 0 Å².